The zero-order valence-corrected chi connectivity index (χ0v) is 12.0. The molecule has 0 aliphatic rings. The van der Waals surface area contributed by atoms with Crippen molar-refractivity contribution >= 4 is 17.2 Å². The monoisotopic (exact) mass is 294 g/mol. The van der Waals surface area contributed by atoms with Crippen LogP contribution in [0.5, 0.6) is 5.75 Å². The van der Waals surface area contributed by atoms with Crippen molar-refractivity contribution in [3.05, 3.63) is 64.7 Å². The van der Waals surface area contributed by atoms with E-state index in [1.165, 1.54) is 10.9 Å². The van der Waals surface area contributed by atoms with Crippen molar-refractivity contribution in [3.63, 3.8) is 0 Å². The van der Waals surface area contributed by atoms with Crippen LogP contribution in [0.25, 0.3) is 16.6 Å². The second-order valence-electron chi connectivity index (χ2n) is 4.68. The van der Waals surface area contributed by atoms with E-state index in [0.717, 1.165) is 0 Å². The first-order valence-electron chi connectivity index (χ1n) is 6.94. The number of hydrogen-bond donors (Lipinski definition) is 0. The summed E-state index contributed by atoms with van der Waals surface area (Å²) in [5.41, 5.74) is 1.34. The average molecular weight is 294 g/mol. The highest BCUT2D eigenvalue weighted by molar-refractivity contribution is 5.82. The second-order valence-corrected chi connectivity index (χ2v) is 4.68. The van der Waals surface area contributed by atoms with Crippen LogP contribution >= 0.6 is 0 Å². The number of benzene rings is 2. The Balaban J connectivity index is 2.30. The molecule has 110 valence electrons. The van der Waals surface area contributed by atoms with Crippen LogP contribution in [-0.4, -0.2) is 22.4 Å². The zero-order valence-electron chi connectivity index (χ0n) is 12.0. The first-order chi connectivity index (χ1) is 10.8. The van der Waals surface area contributed by atoms with Crippen molar-refractivity contribution in [2.24, 2.45) is 0 Å². The lowest BCUT2D eigenvalue weighted by Gasteiger charge is -2.14. The van der Waals surface area contributed by atoms with Gasteiger partial charge < -0.3 is 4.74 Å². The molecule has 0 radical (unpaired) electrons. The summed E-state index contributed by atoms with van der Waals surface area (Å²) in [4.78, 5) is 28.2. The van der Waals surface area contributed by atoms with Crippen molar-refractivity contribution in [1.29, 1.82) is 0 Å². The molecule has 0 fully saturated rings. The highest BCUT2D eigenvalue weighted by Gasteiger charge is 2.13. The SMILES string of the molecule is CCOc1c(C=O)cccc1-n1cnc2ccccc2c1=O. The van der Waals surface area contributed by atoms with Crippen molar-refractivity contribution in [2.45, 2.75) is 6.92 Å². The smallest absolute Gasteiger partial charge is 0.265 e. The molecule has 0 atom stereocenters. The van der Waals surface area contributed by atoms with Crippen LogP contribution < -0.4 is 10.3 Å². The summed E-state index contributed by atoms with van der Waals surface area (Å²) in [6.45, 7) is 2.22. The van der Waals surface area contributed by atoms with Crippen molar-refractivity contribution in [3.8, 4) is 11.4 Å². The lowest BCUT2D eigenvalue weighted by molar-refractivity contribution is 0.112. The maximum absolute atomic E-state index is 12.7. The summed E-state index contributed by atoms with van der Waals surface area (Å²) in [6, 6.07) is 12.2. The van der Waals surface area contributed by atoms with Crippen LogP contribution in [0, 0.1) is 0 Å². The Bertz CT molecular complexity index is 900. The van der Waals surface area contributed by atoms with Gasteiger partial charge in [0.25, 0.3) is 5.56 Å². The molecule has 3 aromatic rings. The zero-order chi connectivity index (χ0) is 15.5. The molecular weight excluding hydrogens is 280 g/mol. The van der Waals surface area contributed by atoms with Gasteiger partial charge in [-0.1, -0.05) is 18.2 Å². The number of rotatable bonds is 4. The molecule has 22 heavy (non-hydrogen) atoms. The minimum Gasteiger partial charge on any atom is -0.491 e. The molecule has 0 saturated carbocycles. The topological polar surface area (TPSA) is 61.2 Å². The van der Waals surface area contributed by atoms with Gasteiger partial charge in [0.1, 0.15) is 6.33 Å². The Labute approximate surface area is 126 Å². The van der Waals surface area contributed by atoms with Crippen LogP contribution in [0.15, 0.2) is 53.6 Å². The summed E-state index contributed by atoms with van der Waals surface area (Å²) in [5, 5.41) is 0.518. The van der Waals surface area contributed by atoms with Gasteiger partial charge in [-0.2, -0.15) is 0 Å². The fourth-order valence-corrected chi connectivity index (χ4v) is 2.37. The largest absolute Gasteiger partial charge is 0.491 e. The van der Waals surface area contributed by atoms with Gasteiger partial charge in [0.05, 0.1) is 28.8 Å². The summed E-state index contributed by atoms with van der Waals surface area (Å²) in [5.74, 6) is 0.388. The van der Waals surface area contributed by atoms with Gasteiger partial charge in [0, 0.05) is 0 Å². The predicted octanol–water partition coefficient (Wildman–Crippen LogP) is 2.60. The van der Waals surface area contributed by atoms with Crippen molar-refractivity contribution < 1.29 is 9.53 Å². The van der Waals surface area contributed by atoms with Crippen molar-refractivity contribution in [1.82, 2.24) is 9.55 Å². The van der Waals surface area contributed by atoms with E-state index >= 15 is 0 Å². The molecule has 0 N–H and O–H groups in total. The minimum atomic E-state index is -0.199. The van der Waals surface area contributed by atoms with E-state index in [4.69, 9.17) is 4.74 Å². The normalized spacial score (nSPS) is 10.6. The molecule has 0 unspecified atom stereocenters. The predicted molar refractivity (Wildman–Crippen MR) is 83.9 cm³/mol. The summed E-state index contributed by atoms with van der Waals surface area (Å²) in [6.07, 6.45) is 2.17. The molecule has 0 amide bonds. The van der Waals surface area contributed by atoms with Gasteiger partial charge in [-0.3, -0.25) is 14.2 Å². The number of para-hydroxylation sites is 2. The van der Waals surface area contributed by atoms with E-state index in [-0.39, 0.29) is 5.56 Å². The molecule has 5 heteroatoms. The maximum atomic E-state index is 12.7. The van der Waals surface area contributed by atoms with Gasteiger partial charge >= 0.3 is 0 Å². The Morgan fingerprint density at radius 1 is 1.18 bits per heavy atom. The number of aromatic nitrogens is 2. The van der Waals surface area contributed by atoms with Crippen molar-refractivity contribution in [2.75, 3.05) is 6.61 Å². The number of hydrogen-bond acceptors (Lipinski definition) is 4. The summed E-state index contributed by atoms with van der Waals surface area (Å²) >= 11 is 0. The third-order valence-corrected chi connectivity index (χ3v) is 3.37. The number of carbonyl (C=O) groups is 1. The van der Waals surface area contributed by atoms with Gasteiger partial charge in [0.2, 0.25) is 0 Å². The van der Waals surface area contributed by atoms with E-state index in [0.29, 0.717) is 40.8 Å². The number of fused-ring (bicyclic) bond motifs is 1. The van der Waals surface area contributed by atoms with Gasteiger partial charge in [-0.25, -0.2) is 4.98 Å². The van der Waals surface area contributed by atoms with E-state index in [9.17, 15) is 9.59 Å². The second kappa shape index (κ2) is 5.81. The number of ether oxygens (including phenoxy) is 1. The lowest BCUT2D eigenvalue weighted by Crippen LogP contribution is -2.20. The Morgan fingerprint density at radius 3 is 2.77 bits per heavy atom. The highest BCUT2D eigenvalue weighted by Crippen LogP contribution is 2.26. The van der Waals surface area contributed by atoms with Gasteiger partial charge in [-0.15, -0.1) is 0 Å². The standard InChI is InChI=1S/C17H14N2O3/c1-2-22-16-12(10-20)6-5-9-15(16)19-11-18-14-8-4-3-7-13(14)17(19)21/h3-11H,2H2,1H3. The molecule has 0 bridgehead atoms. The Morgan fingerprint density at radius 2 is 2.00 bits per heavy atom. The maximum Gasteiger partial charge on any atom is 0.265 e. The molecule has 0 aliphatic heterocycles. The molecule has 2 aromatic carbocycles. The average Bonchev–Trinajstić information content (AvgIpc) is 2.56. The number of aldehydes is 1. The molecule has 1 heterocycles. The molecule has 0 spiro atoms. The van der Waals surface area contributed by atoms with Gasteiger partial charge in [-0.05, 0) is 31.2 Å². The molecule has 1 aromatic heterocycles. The quantitative estimate of drug-likeness (QED) is 0.694. The molecule has 0 saturated heterocycles. The van der Waals surface area contributed by atoms with E-state index in [1.54, 1.807) is 36.4 Å². The Kier molecular flexibility index (Phi) is 3.70. The molecule has 5 nitrogen and oxygen atoms in total. The van der Waals surface area contributed by atoms with Crippen LogP contribution in [0.2, 0.25) is 0 Å². The van der Waals surface area contributed by atoms with Crippen LogP contribution in [-0.2, 0) is 0 Å². The fourth-order valence-electron chi connectivity index (χ4n) is 2.37. The van der Waals surface area contributed by atoms with E-state index in [1.807, 2.05) is 13.0 Å². The Hall–Kier alpha value is -2.95. The highest BCUT2D eigenvalue weighted by atomic mass is 16.5. The van der Waals surface area contributed by atoms with Crippen LogP contribution in [0.1, 0.15) is 17.3 Å². The van der Waals surface area contributed by atoms with E-state index < -0.39 is 0 Å². The van der Waals surface area contributed by atoms with Crippen LogP contribution in [0.4, 0.5) is 0 Å². The fraction of sp³-hybridized carbons (Fsp3) is 0.118. The minimum absolute atomic E-state index is 0.199. The number of carbonyl (C=O) groups excluding carboxylic acids is 1. The molecule has 0 aliphatic carbocycles. The number of nitrogens with zero attached hydrogens (tertiary/aromatic N) is 2. The first kappa shape index (κ1) is 14.0. The first-order valence-corrected chi connectivity index (χ1v) is 6.94. The van der Waals surface area contributed by atoms with E-state index in [2.05, 4.69) is 4.98 Å². The lowest BCUT2D eigenvalue weighted by atomic mass is 10.1. The third-order valence-electron chi connectivity index (χ3n) is 3.37. The third kappa shape index (κ3) is 2.26. The summed E-state index contributed by atoms with van der Waals surface area (Å²) in [7, 11) is 0. The van der Waals surface area contributed by atoms with Crippen LogP contribution in [0.3, 0.4) is 0 Å². The molecule has 3 rings (SSSR count). The summed E-state index contributed by atoms with van der Waals surface area (Å²) < 4.78 is 6.96. The van der Waals surface area contributed by atoms with Gasteiger partial charge in [0.15, 0.2) is 12.0 Å². The molecular formula is C17H14N2O3.